The zero-order valence-electron chi connectivity index (χ0n) is 13.4. The molecule has 1 N–H and O–H groups in total. The second-order valence-corrected chi connectivity index (χ2v) is 5.30. The molecule has 1 aliphatic heterocycles. The Balaban J connectivity index is 1.70. The van der Waals surface area contributed by atoms with E-state index in [4.69, 9.17) is 4.74 Å². The molecule has 0 aromatic carbocycles. The van der Waals surface area contributed by atoms with Gasteiger partial charge in [-0.2, -0.15) is 23.3 Å². The lowest BCUT2D eigenvalue weighted by Crippen LogP contribution is -2.37. The number of hydrogen-bond acceptors (Lipinski definition) is 7. The Bertz CT molecular complexity index is 792. The molecule has 0 unspecified atom stereocenters. The average Bonchev–Trinajstić information content (AvgIpc) is 2.63. The van der Waals surface area contributed by atoms with Crippen molar-refractivity contribution in [3.63, 3.8) is 0 Å². The van der Waals surface area contributed by atoms with Crippen LogP contribution in [0, 0.1) is 5.82 Å². The van der Waals surface area contributed by atoms with Gasteiger partial charge in [0.25, 0.3) is 0 Å². The molecule has 11 heteroatoms. The first-order valence-electron chi connectivity index (χ1n) is 7.61. The number of rotatable bonds is 4. The van der Waals surface area contributed by atoms with Crippen LogP contribution in [0.5, 0.6) is 0 Å². The molecule has 0 atom stereocenters. The number of anilines is 2. The Kier molecular flexibility index (Phi) is 5.26. The third-order valence-electron chi connectivity index (χ3n) is 3.51. The highest BCUT2D eigenvalue weighted by molar-refractivity contribution is 5.77. The summed E-state index contributed by atoms with van der Waals surface area (Å²) in [5, 5.41) is 3.76. The van der Waals surface area contributed by atoms with Crippen molar-refractivity contribution in [2.24, 2.45) is 5.10 Å². The van der Waals surface area contributed by atoms with Crippen molar-refractivity contribution < 1.29 is 22.3 Å². The summed E-state index contributed by atoms with van der Waals surface area (Å²) in [6.07, 6.45) is -1.34. The molecule has 1 aliphatic rings. The van der Waals surface area contributed by atoms with Crippen molar-refractivity contribution >= 4 is 18.0 Å². The van der Waals surface area contributed by atoms with E-state index in [1.54, 1.807) is 4.90 Å². The summed E-state index contributed by atoms with van der Waals surface area (Å²) >= 11 is 0. The zero-order chi connectivity index (χ0) is 18.6. The average molecular weight is 370 g/mol. The molecule has 1 fully saturated rings. The fraction of sp³-hybridized carbons (Fsp3) is 0.333. The van der Waals surface area contributed by atoms with Crippen LogP contribution in [0.3, 0.4) is 0 Å². The van der Waals surface area contributed by atoms with Crippen LogP contribution < -0.4 is 10.3 Å². The number of pyridine rings is 1. The van der Waals surface area contributed by atoms with Gasteiger partial charge in [0.15, 0.2) is 11.6 Å². The summed E-state index contributed by atoms with van der Waals surface area (Å²) in [4.78, 5) is 13.3. The summed E-state index contributed by atoms with van der Waals surface area (Å²) in [7, 11) is 0. The first-order chi connectivity index (χ1) is 12.4. The Morgan fingerprint density at radius 2 is 2.00 bits per heavy atom. The number of nitrogens with zero attached hydrogens (tertiary/aromatic N) is 5. The summed E-state index contributed by atoms with van der Waals surface area (Å²) < 4.78 is 57.1. The van der Waals surface area contributed by atoms with Gasteiger partial charge in [0, 0.05) is 19.3 Å². The monoisotopic (exact) mass is 370 g/mol. The highest BCUT2D eigenvalue weighted by atomic mass is 19.4. The Morgan fingerprint density at radius 3 is 2.73 bits per heavy atom. The Labute approximate surface area is 145 Å². The highest BCUT2D eigenvalue weighted by Gasteiger charge is 2.30. The lowest BCUT2D eigenvalue weighted by molar-refractivity contribution is -0.137. The normalized spacial score (nSPS) is 15.5. The molecule has 0 amide bonds. The maximum atomic E-state index is 13.9. The number of alkyl halides is 3. The molecule has 0 aliphatic carbocycles. The summed E-state index contributed by atoms with van der Waals surface area (Å²) in [5.74, 6) is -0.463. The minimum Gasteiger partial charge on any atom is -0.378 e. The Morgan fingerprint density at radius 1 is 1.23 bits per heavy atom. The SMILES string of the molecule is Fc1cnc(N/N=C\c2cc(C(F)(F)F)ccn2)nc1N1CCOCC1. The molecule has 0 bridgehead atoms. The molecule has 3 rings (SSSR count). The van der Waals surface area contributed by atoms with E-state index in [1.165, 1.54) is 0 Å². The summed E-state index contributed by atoms with van der Waals surface area (Å²) in [6, 6.07) is 1.72. The van der Waals surface area contributed by atoms with Crippen LogP contribution in [-0.2, 0) is 10.9 Å². The number of ether oxygens (including phenoxy) is 1. The molecule has 138 valence electrons. The number of nitrogens with one attached hydrogen (secondary N) is 1. The van der Waals surface area contributed by atoms with Crippen LogP contribution in [0.25, 0.3) is 0 Å². The van der Waals surface area contributed by atoms with Crippen molar-refractivity contribution in [3.05, 3.63) is 41.6 Å². The molecular formula is C15H14F4N6O. The largest absolute Gasteiger partial charge is 0.416 e. The van der Waals surface area contributed by atoms with Crippen LogP contribution in [0.1, 0.15) is 11.3 Å². The predicted octanol–water partition coefficient (Wildman–Crippen LogP) is 2.31. The molecule has 2 aromatic heterocycles. The standard InChI is InChI=1S/C15H14F4N6O/c16-12-9-21-14(23-13(12)25-3-5-26-6-4-25)24-22-8-11-7-10(1-2-20-11)15(17,18)19/h1-2,7-9H,3-6H2,(H,21,23,24)/b22-8-. The van der Waals surface area contributed by atoms with Crippen LogP contribution in [0.2, 0.25) is 0 Å². The van der Waals surface area contributed by atoms with Gasteiger partial charge in [-0.1, -0.05) is 0 Å². The predicted molar refractivity (Wildman–Crippen MR) is 85.5 cm³/mol. The Hall–Kier alpha value is -2.82. The van der Waals surface area contributed by atoms with E-state index in [-0.39, 0.29) is 17.5 Å². The van der Waals surface area contributed by atoms with Gasteiger partial charge in [0.1, 0.15) is 0 Å². The lowest BCUT2D eigenvalue weighted by Gasteiger charge is -2.27. The zero-order valence-corrected chi connectivity index (χ0v) is 13.4. The molecule has 0 radical (unpaired) electrons. The molecule has 0 saturated carbocycles. The first-order valence-corrected chi connectivity index (χ1v) is 7.61. The van der Waals surface area contributed by atoms with Crippen molar-refractivity contribution in [1.29, 1.82) is 0 Å². The van der Waals surface area contributed by atoms with Crippen molar-refractivity contribution in [2.45, 2.75) is 6.18 Å². The molecule has 0 spiro atoms. The second-order valence-electron chi connectivity index (χ2n) is 5.30. The summed E-state index contributed by atoms with van der Waals surface area (Å²) in [6.45, 7) is 1.91. The first kappa shape index (κ1) is 18.0. The van der Waals surface area contributed by atoms with Gasteiger partial charge in [-0.3, -0.25) is 4.98 Å². The van der Waals surface area contributed by atoms with Crippen LogP contribution in [0.15, 0.2) is 29.6 Å². The van der Waals surface area contributed by atoms with Crippen LogP contribution in [0.4, 0.5) is 29.3 Å². The van der Waals surface area contributed by atoms with E-state index in [9.17, 15) is 17.6 Å². The second kappa shape index (κ2) is 7.60. The maximum Gasteiger partial charge on any atom is 0.416 e. The molecule has 3 heterocycles. The van der Waals surface area contributed by atoms with Gasteiger partial charge in [-0.15, -0.1) is 0 Å². The van der Waals surface area contributed by atoms with E-state index in [0.29, 0.717) is 26.3 Å². The van der Waals surface area contributed by atoms with E-state index in [0.717, 1.165) is 30.7 Å². The molecule has 2 aromatic rings. The third-order valence-corrected chi connectivity index (χ3v) is 3.51. The highest BCUT2D eigenvalue weighted by Crippen LogP contribution is 2.28. The van der Waals surface area contributed by atoms with E-state index in [2.05, 4.69) is 25.5 Å². The van der Waals surface area contributed by atoms with Gasteiger partial charge in [0.05, 0.1) is 36.9 Å². The van der Waals surface area contributed by atoms with Gasteiger partial charge in [-0.05, 0) is 12.1 Å². The van der Waals surface area contributed by atoms with Crippen molar-refractivity contribution in [2.75, 3.05) is 36.6 Å². The fourth-order valence-corrected chi connectivity index (χ4v) is 2.26. The van der Waals surface area contributed by atoms with Crippen molar-refractivity contribution in [1.82, 2.24) is 15.0 Å². The van der Waals surface area contributed by atoms with Crippen LogP contribution >= 0.6 is 0 Å². The minimum absolute atomic E-state index is 0.00263. The fourth-order valence-electron chi connectivity index (χ4n) is 2.26. The maximum absolute atomic E-state index is 13.9. The van der Waals surface area contributed by atoms with Gasteiger partial charge in [-0.25, -0.2) is 14.8 Å². The van der Waals surface area contributed by atoms with Crippen LogP contribution in [-0.4, -0.2) is 47.5 Å². The molecule has 1 saturated heterocycles. The molecular weight excluding hydrogens is 356 g/mol. The molecule has 7 nitrogen and oxygen atoms in total. The van der Waals surface area contributed by atoms with E-state index >= 15 is 0 Å². The quantitative estimate of drug-likeness (QED) is 0.506. The van der Waals surface area contributed by atoms with E-state index < -0.39 is 17.6 Å². The number of morpholine rings is 1. The smallest absolute Gasteiger partial charge is 0.378 e. The number of aromatic nitrogens is 3. The summed E-state index contributed by atoms with van der Waals surface area (Å²) in [5.41, 5.74) is 1.63. The minimum atomic E-state index is -4.47. The topological polar surface area (TPSA) is 75.5 Å². The van der Waals surface area contributed by atoms with Gasteiger partial charge >= 0.3 is 6.18 Å². The molecule has 26 heavy (non-hydrogen) atoms. The van der Waals surface area contributed by atoms with Crippen molar-refractivity contribution in [3.8, 4) is 0 Å². The van der Waals surface area contributed by atoms with Gasteiger partial charge < -0.3 is 9.64 Å². The number of hydrazone groups is 1. The number of hydrogen-bond donors (Lipinski definition) is 1. The lowest BCUT2D eigenvalue weighted by atomic mass is 10.2. The third kappa shape index (κ3) is 4.42. The van der Waals surface area contributed by atoms with E-state index in [1.807, 2.05) is 0 Å². The number of halogens is 4. The van der Waals surface area contributed by atoms with Gasteiger partial charge in [0.2, 0.25) is 5.95 Å².